The van der Waals surface area contributed by atoms with Crippen LogP contribution in [0.4, 0.5) is 17.5 Å². The van der Waals surface area contributed by atoms with Crippen LogP contribution in [0.2, 0.25) is 0 Å². The minimum Gasteiger partial charge on any atom is -0.354 e. The van der Waals surface area contributed by atoms with Gasteiger partial charge >= 0.3 is 21.1 Å². The first-order valence-corrected chi connectivity index (χ1v) is 13.5. The monoisotopic (exact) mass is 508 g/mol. The topological polar surface area (TPSA) is 175 Å². The molecule has 1 aromatic carbocycles. The summed E-state index contributed by atoms with van der Waals surface area (Å²) in [5.74, 6) is 1.48. The zero-order chi connectivity index (χ0) is 24.3. The molecule has 12 nitrogen and oxygen atoms in total. The standard InChI is InChI=1S/C20H27N7O5P2/c1-2-27-12-23-16-17(25-19(26-18(16)27)22-11-13-7-9-21-10-8-13)24-15-5-3-14(4-6-15)20(28,33-29)34(30,31)32/h3-6,12-13,21,28H,2,7-11H2,1H3,(H2,30,31,32)(H2,22,24,25,26)/p+1. The average Bonchev–Trinajstić information content (AvgIpc) is 3.26. The fourth-order valence-electron chi connectivity index (χ4n) is 3.87. The van der Waals surface area contributed by atoms with Crippen LogP contribution in [0.15, 0.2) is 30.6 Å². The van der Waals surface area contributed by atoms with Gasteiger partial charge in [0.2, 0.25) is 5.95 Å². The Bertz CT molecular complexity index is 1210. The number of aromatic nitrogens is 4. The van der Waals surface area contributed by atoms with Crippen molar-refractivity contribution in [2.45, 2.75) is 31.4 Å². The summed E-state index contributed by atoms with van der Waals surface area (Å²) < 4.78 is 25.0. The number of piperidine rings is 1. The highest BCUT2D eigenvalue weighted by atomic mass is 31.2. The van der Waals surface area contributed by atoms with Crippen molar-refractivity contribution < 1.29 is 24.0 Å². The first kappa shape index (κ1) is 24.7. The molecule has 2 atom stereocenters. The Balaban J connectivity index is 1.61. The predicted octanol–water partition coefficient (Wildman–Crippen LogP) is 2.31. The molecule has 1 aliphatic heterocycles. The maximum absolute atomic E-state index is 11.6. The zero-order valence-electron chi connectivity index (χ0n) is 18.6. The number of rotatable bonds is 9. The second kappa shape index (κ2) is 10.0. The van der Waals surface area contributed by atoms with Crippen molar-refractivity contribution in [2.75, 3.05) is 30.3 Å². The molecule has 14 heteroatoms. The highest BCUT2D eigenvalue weighted by Crippen LogP contribution is 2.61. The summed E-state index contributed by atoms with van der Waals surface area (Å²) in [5, 5.41) is 17.4. The SMILES string of the molecule is CCn1cnc2c(Nc3ccc(C(O)([PH+]=O)P(=O)(O)O)cc3)nc(NCC3CCNCC3)nc21. The highest BCUT2D eigenvalue weighted by molar-refractivity contribution is 7.62. The fraction of sp³-hybridized carbons (Fsp3) is 0.450. The van der Waals surface area contributed by atoms with E-state index in [0.29, 0.717) is 41.1 Å². The molecule has 182 valence electrons. The molecular weight excluding hydrogens is 480 g/mol. The van der Waals surface area contributed by atoms with Crippen molar-refractivity contribution in [1.29, 1.82) is 0 Å². The molecular formula is C20H28N7O5P2+. The van der Waals surface area contributed by atoms with Gasteiger partial charge in [0.15, 0.2) is 17.0 Å². The van der Waals surface area contributed by atoms with Crippen LogP contribution >= 0.6 is 16.1 Å². The lowest BCUT2D eigenvalue weighted by Crippen LogP contribution is -2.31. The van der Waals surface area contributed by atoms with Crippen molar-refractivity contribution in [3.05, 3.63) is 36.2 Å². The Morgan fingerprint density at radius 2 is 1.94 bits per heavy atom. The molecule has 4 rings (SSSR count). The van der Waals surface area contributed by atoms with Crippen molar-refractivity contribution in [1.82, 2.24) is 24.8 Å². The van der Waals surface area contributed by atoms with E-state index in [9.17, 15) is 24.0 Å². The van der Waals surface area contributed by atoms with Gasteiger partial charge in [-0.2, -0.15) is 9.97 Å². The smallest absolute Gasteiger partial charge is 0.354 e. The fourth-order valence-corrected chi connectivity index (χ4v) is 5.12. The summed E-state index contributed by atoms with van der Waals surface area (Å²) in [7, 11) is -6.70. The van der Waals surface area contributed by atoms with Crippen LogP contribution < -0.4 is 16.0 Å². The van der Waals surface area contributed by atoms with Gasteiger partial charge in [-0.1, -0.05) is 4.57 Å². The average molecular weight is 508 g/mol. The maximum Gasteiger partial charge on any atom is 0.412 e. The summed E-state index contributed by atoms with van der Waals surface area (Å²) in [4.78, 5) is 32.5. The summed E-state index contributed by atoms with van der Waals surface area (Å²) in [5.41, 5.74) is 1.65. The Morgan fingerprint density at radius 3 is 2.56 bits per heavy atom. The summed E-state index contributed by atoms with van der Waals surface area (Å²) in [6.07, 6.45) is 3.87. The third kappa shape index (κ3) is 4.98. The van der Waals surface area contributed by atoms with E-state index in [0.717, 1.165) is 32.5 Å². The molecule has 3 heterocycles. The number of fused-ring (bicyclic) bond motifs is 1. The molecule has 0 aliphatic carbocycles. The minimum atomic E-state index is -5.06. The van der Waals surface area contributed by atoms with Gasteiger partial charge in [0.1, 0.15) is 0 Å². The second-order valence-corrected chi connectivity index (χ2v) is 11.3. The van der Waals surface area contributed by atoms with E-state index in [1.54, 1.807) is 6.33 Å². The van der Waals surface area contributed by atoms with E-state index in [1.165, 1.54) is 24.3 Å². The predicted molar refractivity (Wildman–Crippen MR) is 130 cm³/mol. The first-order valence-electron chi connectivity index (χ1n) is 11.0. The van der Waals surface area contributed by atoms with Crippen molar-refractivity contribution in [3.63, 3.8) is 0 Å². The number of benzene rings is 1. The number of nitrogens with one attached hydrogen (secondary N) is 3. The van der Waals surface area contributed by atoms with Gasteiger partial charge < -0.3 is 35.4 Å². The molecule has 6 N–H and O–H groups in total. The van der Waals surface area contributed by atoms with E-state index in [-0.39, 0.29) is 5.56 Å². The maximum atomic E-state index is 11.6. The quantitative estimate of drug-likeness (QED) is 0.234. The number of anilines is 3. The normalized spacial score (nSPS) is 17.1. The number of imidazole rings is 1. The lowest BCUT2D eigenvalue weighted by atomic mass is 9.98. The van der Waals surface area contributed by atoms with E-state index >= 15 is 0 Å². The summed E-state index contributed by atoms with van der Waals surface area (Å²) in [6.45, 7) is 5.45. The molecule has 0 bridgehead atoms. The third-order valence-electron chi connectivity index (χ3n) is 5.93. The number of nitrogens with zero attached hydrogens (tertiary/aromatic N) is 4. The van der Waals surface area contributed by atoms with Gasteiger partial charge in [0.05, 0.1) is 6.33 Å². The molecule has 1 saturated heterocycles. The summed E-state index contributed by atoms with van der Waals surface area (Å²) >= 11 is 0. The third-order valence-corrected chi connectivity index (χ3v) is 8.75. The molecule has 2 unspecified atom stereocenters. The Morgan fingerprint density at radius 1 is 1.24 bits per heavy atom. The molecule has 34 heavy (non-hydrogen) atoms. The van der Waals surface area contributed by atoms with Gasteiger partial charge in [-0.15, -0.1) is 0 Å². The Kier molecular flexibility index (Phi) is 7.28. The molecule has 1 fully saturated rings. The van der Waals surface area contributed by atoms with Crippen LogP contribution in [0.1, 0.15) is 25.3 Å². The lowest BCUT2D eigenvalue weighted by molar-refractivity contribution is 0.168. The van der Waals surface area contributed by atoms with Crippen LogP contribution in [0, 0.1) is 5.92 Å². The summed E-state index contributed by atoms with van der Waals surface area (Å²) in [6, 6.07) is 5.66. The van der Waals surface area contributed by atoms with Gasteiger partial charge in [0.25, 0.3) is 0 Å². The molecule has 1 aliphatic rings. The van der Waals surface area contributed by atoms with Crippen molar-refractivity contribution in [3.8, 4) is 0 Å². The van der Waals surface area contributed by atoms with Crippen LogP contribution in [-0.2, 0) is 20.8 Å². The van der Waals surface area contributed by atoms with Gasteiger partial charge in [0, 0.05) is 24.3 Å². The Labute approximate surface area is 197 Å². The van der Waals surface area contributed by atoms with Crippen LogP contribution in [0.5, 0.6) is 0 Å². The van der Waals surface area contributed by atoms with E-state index in [2.05, 4.69) is 30.9 Å². The number of aryl methyl sites for hydroxylation is 1. The largest absolute Gasteiger partial charge is 0.412 e. The highest BCUT2D eigenvalue weighted by Gasteiger charge is 2.56. The number of aliphatic hydroxyl groups is 1. The molecule has 0 amide bonds. The molecule has 0 spiro atoms. The molecule has 2 aromatic heterocycles. The Hall–Kier alpha value is -2.46. The van der Waals surface area contributed by atoms with Crippen LogP contribution in [-0.4, -0.2) is 54.0 Å². The molecule has 0 saturated carbocycles. The van der Waals surface area contributed by atoms with Crippen LogP contribution in [0.3, 0.4) is 0 Å². The van der Waals surface area contributed by atoms with Gasteiger partial charge in [-0.05, 0) is 63.0 Å². The van der Waals surface area contributed by atoms with E-state index < -0.39 is 21.1 Å². The number of hydrogen-bond donors (Lipinski definition) is 6. The second-order valence-electron chi connectivity index (χ2n) is 8.19. The van der Waals surface area contributed by atoms with E-state index in [1.807, 2.05) is 11.5 Å². The zero-order valence-corrected chi connectivity index (χ0v) is 20.5. The molecule has 3 aromatic rings. The molecule has 0 radical (unpaired) electrons. The lowest BCUT2D eigenvalue weighted by Gasteiger charge is -2.22. The van der Waals surface area contributed by atoms with Crippen molar-refractivity contribution in [2.24, 2.45) is 5.92 Å². The first-order chi connectivity index (χ1) is 16.2. The van der Waals surface area contributed by atoms with E-state index in [4.69, 9.17) is 0 Å². The van der Waals surface area contributed by atoms with Crippen molar-refractivity contribution >= 4 is 44.7 Å². The van der Waals surface area contributed by atoms with Crippen LogP contribution in [0.25, 0.3) is 11.2 Å². The minimum absolute atomic E-state index is 0.146. The van der Waals surface area contributed by atoms with Gasteiger partial charge in [-0.25, -0.2) is 4.98 Å². The number of hydrogen-bond acceptors (Lipinski definition) is 9. The van der Waals surface area contributed by atoms with Gasteiger partial charge in [-0.3, -0.25) is 4.57 Å².